The Bertz CT molecular complexity index is 988. The lowest BCUT2D eigenvalue weighted by atomic mass is 10.2. The Labute approximate surface area is 185 Å². The van der Waals surface area contributed by atoms with Gasteiger partial charge < -0.3 is 9.88 Å². The summed E-state index contributed by atoms with van der Waals surface area (Å²) < 4.78 is 2.13. The largest absolute Gasteiger partial charge is 0.325 e. The number of likely N-dealkylation sites (tertiary alicyclic amines) is 1. The molecule has 30 heavy (non-hydrogen) atoms. The highest BCUT2D eigenvalue weighted by molar-refractivity contribution is 7.99. The van der Waals surface area contributed by atoms with Crippen LogP contribution < -0.4 is 5.32 Å². The highest BCUT2D eigenvalue weighted by atomic mass is 35.5. The zero-order chi connectivity index (χ0) is 20.8. The molecule has 1 aliphatic rings. The SMILES string of the molecule is O=C(CSc1nnc(CN2CCCC2)n1Cc1ccccc1)Nc1cccc(Cl)c1. The third-order valence-electron chi connectivity index (χ3n) is 4.98. The van der Waals surface area contributed by atoms with Crippen LogP contribution in [0, 0.1) is 0 Å². The van der Waals surface area contributed by atoms with Gasteiger partial charge in [-0.2, -0.15) is 0 Å². The van der Waals surface area contributed by atoms with Crippen molar-refractivity contribution in [1.29, 1.82) is 0 Å². The number of carbonyl (C=O) groups excluding carboxylic acids is 1. The van der Waals surface area contributed by atoms with Crippen LogP contribution in [0.15, 0.2) is 59.8 Å². The molecule has 0 bridgehead atoms. The number of thioether (sulfide) groups is 1. The molecule has 2 heterocycles. The zero-order valence-corrected chi connectivity index (χ0v) is 18.2. The summed E-state index contributed by atoms with van der Waals surface area (Å²) in [6.45, 7) is 3.68. The lowest BCUT2D eigenvalue weighted by Gasteiger charge is -2.16. The molecule has 3 aromatic rings. The van der Waals surface area contributed by atoms with E-state index in [1.54, 1.807) is 12.1 Å². The Balaban J connectivity index is 1.45. The quantitative estimate of drug-likeness (QED) is 0.528. The van der Waals surface area contributed by atoms with E-state index in [1.165, 1.54) is 30.2 Å². The minimum absolute atomic E-state index is 0.0994. The molecule has 8 heteroatoms. The molecule has 0 aliphatic carbocycles. The average molecular weight is 442 g/mol. The van der Waals surface area contributed by atoms with E-state index in [1.807, 2.05) is 30.3 Å². The maximum atomic E-state index is 12.4. The number of aromatic nitrogens is 3. The van der Waals surface area contributed by atoms with Gasteiger partial charge in [-0.3, -0.25) is 9.69 Å². The van der Waals surface area contributed by atoms with Gasteiger partial charge in [0.2, 0.25) is 5.91 Å². The first kappa shape index (κ1) is 20.9. The molecule has 4 rings (SSSR count). The molecule has 156 valence electrons. The van der Waals surface area contributed by atoms with Gasteiger partial charge in [-0.05, 0) is 49.7 Å². The number of nitrogens with one attached hydrogen (secondary N) is 1. The van der Waals surface area contributed by atoms with Gasteiger partial charge in [0, 0.05) is 10.7 Å². The van der Waals surface area contributed by atoms with E-state index in [4.69, 9.17) is 11.6 Å². The van der Waals surface area contributed by atoms with Crippen LogP contribution in [0.3, 0.4) is 0 Å². The molecule has 0 saturated carbocycles. The topological polar surface area (TPSA) is 63.1 Å². The van der Waals surface area contributed by atoms with E-state index in [0.717, 1.165) is 30.6 Å². The van der Waals surface area contributed by atoms with E-state index in [9.17, 15) is 4.79 Å². The first-order chi connectivity index (χ1) is 14.7. The minimum Gasteiger partial charge on any atom is -0.325 e. The molecule has 2 aromatic carbocycles. The smallest absolute Gasteiger partial charge is 0.234 e. The van der Waals surface area contributed by atoms with Crippen LogP contribution in [0.5, 0.6) is 0 Å². The number of nitrogens with zero attached hydrogens (tertiary/aromatic N) is 4. The summed E-state index contributed by atoms with van der Waals surface area (Å²) >= 11 is 7.39. The van der Waals surface area contributed by atoms with Crippen molar-refractivity contribution in [1.82, 2.24) is 19.7 Å². The summed E-state index contributed by atoms with van der Waals surface area (Å²) in [5.41, 5.74) is 1.87. The van der Waals surface area contributed by atoms with Gasteiger partial charge in [0.15, 0.2) is 5.16 Å². The van der Waals surface area contributed by atoms with Crippen molar-refractivity contribution in [3.63, 3.8) is 0 Å². The van der Waals surface area contributed by atoms with E-state index in [0.29, 0.717) is 17.3 Å². The number of halogens is 1. The van der Waals surface area contributed by atoms with Crippen molar-refractivity contribution >= 4 is 35.0 Å². The monoisotopic (exact) mass is 441 g/mol. The fourth-order valence-corrected chi connectivity index (χ4v) is 4.45. The highest BCUT2D eigenvalue weighted by Crippen LogP contribution is 2.22. The van der Waals surface area contributed by atoms with E-state index < -0.39 is 0 Å². The maximum Gasteiger partial charge on any atom is 0.234 e. The van der Waals surface area contributed by atoms with Crippen LogP contribution in [-0.4, -0.2) is 44.4 Å². The Morgan fingerprint density at radius 3 is 2.60 bits per heavy atom. The third kappa shape index (κ3) is 5.62. The summed E-state index contributed by atoms with van der Waals surface area (Å²) in [5, 5.41) is 13.1. The lowest BCUT2D eigenvalue weighted by molar-refractivity contribution is -0.113. The predicted octanol–water partition coefficient (Wildman–Crippen LogP) is 4.31. The second-order valence-electron chi connectivity index (χ2n) is 7.30. The molecular formula is C22H24ClN5OS. The van der Waals surface area contributed by atoms with Gasteiger partial charge in [-0.25, -0.2) is 0 Å². The van der Waals surface area contributed by atoms with Crippen LogP contribution in [0.2, 0.25) is 5.02 Å². The molecular weight excluding hydrogens is 418 g/mol. The molecule has 1 saturated heterocycles. The van der Waals surface area contributed by atoms with Crippen molar-refractivity contribution in [2.24, 2.45) is 0 Å². The van der Waals surface area contributed by atoms with Crippen molar-refractivity contribution < 1.29 is 4.79 Å². The number of hydrogen-bond acceptors (Lipinski definition) is 5. The number of carbonyl (C=O) groups is 1. The number of anilines is 1. The Morgan fingerprint density at radius 1 is 1.03 bits per heavy atom. The van der Waals surface area contributed by atoms with Gasteiger partial charge in [0.1, 0.15) is 5.82 Å². The van der Waals surface area contributed by atoms with Crippen LogP contribution in [-0.2, 0) is 17.9 Å². The summed E-state index contributed by atoms with van der Waals surface area (Å²) in [5.74, 6) is 1.10. The third-order valence-corrected chi connectivity index (χ3v) is 6.18. The fourth-order valence-electron chi connectivity index (χ4n) is 3.50. The molecule has 1 aromatic heterocycles. The van der Waals surface area contributed by atoms with Gasteiger partial charge in [-0.15, -0.1) is 10.2 Å². The summed E-state index contributed by atoms with van der Waals surface area (Å²) in [6.07, 6.45) is 2.47. The zero-order valence-electron chi connectivity index (χ0n) is 16.6. The standard InChI is InChI=1S/C22H24ClN5OS/c23-18-9-6-10-19(13-18)24-21(29)16-30-22-26-25-20(15-27-11-4-5-12-27)28(22)14-17-7-2-1-3-8-17/h1-3,6-10,13H,4-5,11-12,14-16H2,(H,24,29). The molecule has 1 N–H and O–H groups in total. The van der Waals surface area contributed by atoms with E-state index >= 15 is 0 Å². The van der Waals surface area contributed by atoms with E-state index in [-0.39, 0.29) is 11.7 Å². The second-order valence-corrected chi connectivity index (χ2v) is 8.68. The van der Waals surface area contributed by atoms with Crippen molar-refractivity contribution in [3.05, 3.63) is 71.0 Å². The Morgan fingerprint density at radius 2 is 1.83 bits per heavy atom. The first-order valence-corrected chi connectivity index (χ1v) is 11.4. The van der Waals surface area contributed by atoms with E-state index in [2.05, 4.69) is 37.1 Å². The van der Waals surface area contributed by atoms with Crippen LogP contribution in [0.4, 0.5) is 5.69 Å². The number of hydrogen-bond donors (Lipinski definition) is 1. The maximum absolute atomic E-state index is 12.4. The first-order valence-electron chi connectivity index (χ1n) is 10.0. The van der Waals surface area contributed by atoms with Gasteiger partial charge in [0.25, 0.3) is 0 Å². The molecule has 6 nitrogen and oxygen atoms in total. The van der Waals surface area contributed by atoms with Gasteiger partial charge >= 0.3 is 0 Å². The number of benzene rings is 2. The minimum atomic E-state index is -0.0994. The molecule has 0 radical (unpaired) electrons. The highest BCUT2D eigenvalue weighted by Gasteiger charge is 2.19. The van der Waals surface area contributed by atoms with Crippen LogP contribution >= 0.6 is 23.4 Å². The summed E-state index contributed by atoms with van der Waals surface area (Å²) in [7, 11) is 0. The van der Waals surface area contributed by atoms with Crippen LogP contribution in [0.25, 0.3) is 0 Å². The number of amides is 1. The molecule has 0 atom stereocenters. The van der Waals surface area contributed by atoms with Crippen molar-refractivity contribution in [2.45, 2.75) is 31.1 Å². The lowest BCUT2D eigenvalue weighted by Crippen LogP contribution is -2.22. The molecule has 1 aliphatic heterocycles. The Kier molecular flexibility index (Phi) is 7.04. The van der Waals surface area contributed by atoms with Gasteiger partial charge in [-0.1, -0.05) is 59.8 Å². The average Bonchev–Trinajstić information content (AvgIpc) is 3.38. The fraction of sp³-hybridized carbons (Fsp3) is 0.318. The molecule has 0 spiro atoms. The predicted molar refractivity (Wildman–Crippen MR) is 121 cm³/mol. The number of rotatable bonds is 8. The summed E-state index contributed by atoms with van der Waals surface area (Å²) in [6, 6.07) is 17.4. The molecule has 0 unspecified atom stereocenters. The van der Waals surface area contributed by atoms with Crippen molar-refractivity contribution in [3.8, 4) is 0 Å². The van der Waals surface area contributed by atoms with Crippen molar-refractivity contribution in [2.75, 3.05) is 24.2 Å². The van der Waals surface area contributed by atoms with Crippen LogP contribution in [0.1, 0.15) is 24.2 Å². The Hall–Kier alpha value is -2.35. The second kappa shape index (κ2) is 10.1. The summed E-state index contributed by atoms with van der Waals surface area (Å²) in [4.78, 5) is 14.8. The normalized spacial score (nSPS) is 14.2. The molecule has 1 fully saturated rings. The van der Waals surface area contributed by atoms with Gasteiger partial charge in [0.05, 0.1) is 18.8 Å². The molecule has 1 amide bonds.